The van der Waals surface area contributed by atoms with Gasteiger partial charge in [-0.2, -0.15) is 0 Å². The summed E-state index contributed by atoms with van der Waals surface area (Å²) >= 11 is 1.85. The minimum absolute atomic E-state index is 0.363. The van der Waals surface area contributed by atoms with Crippen LogP contribution in [0.1, 0.15) is 55.9 Å². The van der Waals surface area contributed by atoms with Crippen LogP contribution in [0.3, 0.4) is 0 Å². The molecule has 1 aromatic carbocycles. The van der Waals surface area contributed by atoms with Crippen LogP contribution in [0.5, 0.6) is 0 Å². The molecule has 3 heterocycles. The maximum absolute atomic E-state index is 12.9. The van der Waals surface area contributed by atoms with Gasteiger partial charge >= 0.3 is 0 Å². The van der Waals surface area contributed by atoms with Gasteiger partial charge in [-0.15, -0.1) is 11.3 Å². The summed E-state index contributed by atoms with van der Waals surface area (Å²) in [7, 11) is 0. The SMILES string of the molecule is O=C(CN1CCC(c2nc3ccccc3s2)CC1)N1CC[C@H]2CCCC[C@H]2C1. The van der Waals surface area contributed by atoms with Crippen LogP contribution in [0.2, 0.25) is 0 Å². The van der Waals surface area contributed by atoms with Gasteiger partial charge in [0.25, 0.3) is 0 Å². The standard InChI is InChI=1S/C23H31N3OS/c27-22(26-14-11-17-5-1-2-6-19(17)15-26)16-25-12-9-18(10-13-25)23-24-20-7-3-4-8-21(20)28-23/h3-4,7-8,17-19H,1-2,5-6,9-16H2/t17-,19+/m1/s1. The van der Waals surface area contributed by atoms with Crippen molar-refractivity contribution in [3.05, 3.63) is 29.3 Å². The molecule has 5 rings (SSSR count). The second-order valence-electron chi connectivity index (χ2n) is 9.00. The van der Waals surface area contributed by atoms with Crippen molar-refractivity contribution < 1.29 is 4.79 Å². The van der Waals surface area contributed by atoms with Gasteiger partial charge in [-0.05, 0) is 62.7 Å². The molecule has 0 spiro atoms. The summed E-state index contributed by atoms with van der Waals surface area (Å²) in [5.74, 6) is 2.59. The molecule has 1 amide bonds. The Morgan fingerprint density at radius 1 is 1.00 bits per heavy atom. The lowest BCUT2D eigenvalue weighted by molar-refractivity contribution is -0.135. The first kappa shape index (κ1) is 18.6. The largest absolute Gasteiger partial charge is 0.341 e. The van der Waals surface area contributed by atoms with E-state index in [1.165, 1.54) is 41.8 Å². The van der Waals surface area contributed by atoms with Crippen LogP contribution < -0.4 is 0 Å². The molecule has 3 fully saturated rings. The number of carbonyl (C=O) groups is 1. The van der Waals surface area contributed by atoms with Crippen molar-refractivity contribution in [2.75, 3.05) is 32.7 Å². The smallest absolute Gasteiger partial charge is 0.236 e. The number of amides is 1. The van der Waals surface area contributed by atoms with Crippen molar-refractivity contribution in [3.8, 4) is 0 Å². The first-order chi connectivity index (χ1) is 13.8. The molecule has 1 saturated carbocycles. The highest BCUT2D eigenvalue weighted by atomic mass is 32.1. The molecule has 150 valence electrons. The molecule has 0 unspecified atom stereocenters. The molecule has 5 heteroatoms. The topological polar surface area (TPSA) is 36.4 Å². The molecule has 1 aromatic heterocycles. The Kier molecular flexibility index (Phi) is 5.38. The number of nitrogens with zero attached hydrogens (tertiary/aromatic N) is 3. The molecule has 2 aromatic rings. The van der Waals surface area contributed by atoms with Crippen molar-refractivity contribution >= 4 is 27.5 Å². The normalized spacial score (nSPS) is 27.1. The van der Waals surface area contributed by atoms with E-state index in [1.54, 1.807) is 0 Å². The molecular formula is C23H31N3OS. The number of fused-ring (bicyclic) bond motifs is 2. The Labute approximate surface area is 171 Å². The number of aromatic nitrogens is 1. The zero-order chi connectivity index (χ0) is 18.9. The Morgan fingerprint density at radius 3 is 2.61 bits per heavy atom. The third-order valence-electron chi connectivity index (χ3n) is 7.25. The average molecular weight is 398 g/mol. The van der Waals surface area contributed by atoms with Crippen molar-refractivity contribution in [1.82, 2.24) is 14.8 Å². The summed E-state index contributed by atoms with van der Waals surface area (Å²) in [6.45, 7) is 4.66. The zero-order valence-corrected chi connectivity index (χ0v) is 17.5. The van der Waals surface area contributed by atoms with Gasteiger partial charge < -0.3 is 4.90 Å². The number of thiazole rings is 1. The predicted octanol–water partition coefficient (Wildman–Crippen LogP) is 4.51. The van der Waals surface area contributed by atoms with Crippen LogP contribution in [-0.4, -0.2) is 53.4 Å². The summed E-state index contributed by atoms with van der Waals surface area (Å²) < 4.78 is 1.29. The van der Waals surface area contributed by atoms with Gasteiger partial charge in [0.1, 0.15) is 0 Å². The molecule has 4 nitrogen and oxygen atoms in total. The van der Waals surface area contributed by atoms with Crippen LogP contribution >= 0.6 is 11.3 Å². The highest BCUT2D eigenvalue weighted by Gasteiger charge is 2.33. The zero-order valence-electron chi connectivity index (χ0n) is 16.7. The number of para-hydroxylation sites is 1. The van der Waals surface area contributed by atoms with E-state index in [9.17, 15) is 4.79 Å². The van der Waals surface area contributed by atoms with E-state index in [2.05, 4.69) is 34.1 Å². The fourth-order valence-corrected chi connectivity index (χ4v) is 6.66. The number of likely N-dealkylation sites (tertiary alicyclic amines) is 2. The molecule has 28 heavy (non-hydrogen) atoms. The van der Waals surface area contributed by atoms with Gasteiger partial charge in [-0.1, -0.05) is 31.4 Å². The van der Waals surface area contributed by atoms with E-state index in [-0.39, 0.29) is 0 Å². The van der Waals surface area contributed by atoms with E-state index in [0.717, 1.165) is 56.4 Å². The number of piperidine rings is 2. The van der Waals surface area contributed by atoms with Gasteiger partial charge in [0.2, 0.25) is 5.91 Å². The number of benzene rings is 1. The summed E-state index contributed by atoms with van der Waals surface area (Å²) in [6.07, 6.45) is 8.97. The summed E-state index contributed by atoms with van der Waals surface area (Å²) in [4.78, 5) is 22.3. The molecule has 2 atom stereocenters. The Hall–Kier alpha value is -1.46. The Morgan fingerprint density at radius 2 is 1.79 bits per heavy atom. The number of carbonyl (C=O) groups excluding carboxylic acids is 1. The second-order valence-corrected chi connectivity index (χ2v) is 10.1. The maximum Gasteiger partial charge on any atom is 0.236 e. The minimum Gasteiger partial charge on any atom is -0.341 e. The summed E-state index contributed by atoms with van der Waals surface area (Å²) in [5, 5.41) is 1.28. The molecular weight excluding hydrogens is 366 g/mol. The summed E-state index contributed by atoms with van der Waals surface area (Å²) in [6, 6.07) is 8.43. The van der Waals surface area contributed by atoms with Crippen molar-refractivity contribution in [2.45, 2.75) is 50.9 Å². The monoisotopic (exact) mass is 397 g/mol. The first-order valence-corrected chi connectivity index (χ1v) is 11.9. The van der Waals surface area contributed by atoms with Gasteiger partial charge in [-0.25, -0.2) is 4.98 Å². The molecule has 2 aliphatic heterocycles. The molecule has 2 saturated heterocycles. The quantitative estimate of drug-likeness (QED) is 0.764. The Bertz CT molecular complexity index is 793. The van der Waals surface area contributed by atoms with Gasteiger partial charge in [0.15, 0.2) is 0 Å². The second kappa shape index (κ2) is 8.11. The lowest BCUT2D eigenvalue weighted by Crippen LogP contribution is -2.49. The lowest BCUT2D eigenvalue weighted by Gasteiger charge is -2.42. The highest BCUT2D eigenvalue weighted by molar-refractivity contribution is 7.18. The van der Waals surface area contributed by atoms with Crippen molar-refractivity contribution in [2.24, 2.45) is 11.8 Å². The van der Waals surface area contributed by atoms with Gasteiger partial charge in [-0.3, -0.25) is 9.69 Å². The average Bonchev–Trinajstić information content (AvgIpc) is 3.18. The minimum atomic E-state index is 0.363. The van der Waals surface area contributed by atoms with E-state index >= 15 is 0 Å². The third kappa shape index (κ3) is 3.84. The van der Waals surface area contributed by atoms with E-state index in [0.29, 0.717) is 18.4 Å². The van der Waals surface area contributed by atoms with E-state index < -0.39 is 0 Å². The van der Waals surface area contributed by atoms with Crippen LogP contribution in [-0.2, 0) is 4.79 Å². The number of hydrogen-bond donors (Lipinski definition) is 0. The van der Waals surface area contributed by atoms with Crippen LogP contribution in [0.25, 0.3) is 10.2 Å². The molecule has 0 N–H and O–H groups in total. The number of rotatable bonds is 3. The third-order valence-corrected chi connectivity index (χ3v) is 8.45. The van der Waals surface area contributed by atoms with Crippen LogP contribution in [0, 0.1) is 11.8 Å². The van der Waals surface area contributed by atoms with Crippen molar-refractivity contribution in [3.63, 3.8) is 0 Å². The molecule has 3 aliphatic rings. The van der Waals surface area contributed by atoms with E-state index in [4.69, 9.17) is 4.98 Å². The maximum atomic E-state index is 12.9. The van der Waals surface area contributed by atoms with Gasteiger partial charge in [0.05, 0.1) is 21.8 Å². The molecule has 1 aliphatic carbocycles. The molecule has 0 radical (unpaired) electrons. The fraction of sp³-hybridized carbons (Fsp3) is 0.652. The van der Waals surface area contributed by atoms with Crippen molar-refractivity contribution in [1.29, 1.82) is 0 Å². The van der Waals surface area contributed by atoms with Crippen LogP contribution in [0.15, 0.2) is 24.3 Å². The van der Waals surface area contributed by atoms with Crippen LogP contribution in [0.4, 0.5) is 0 Å². The highest BCUT2D eigenvalue weighted by Crippen LogP contribution is 2.36. The lowest BCUT2D eigenvalue weighted by atomic mass is 9.75. The predicted molar refractivity (Wildman–Crippen MR) is 115 cm³/mol. The van der Waals surface area contributed by atoms with E-state index in [1.807, 2.05) is 11.3 Å². The Balaban J connectivity index is 1.13. The first-order valence-electron chi connectivity index (χ1n) is 11.1. The fourth-order valence-electron chi connectivity index (χ4n) is 5.52. The van der Waals surface area contributed by atoms with Gasteiger partial charge in [0, 0.05) is 19.0 Å². The number of hydrogen-bond acceptors (Lipinski definition) is 4. The summed E-state index contributed by atoms with van der Waals surface area (Å²) in [5.41, 5.74) is 1.13. The molecule has 0 bridgehead atoms.